The molecule has 3 N–H and O–H groups in total. The number of fused-ring (bicyclic) bond motifs is 2. The van der Waals surface area contributed by atoms with Gasteiger partial charge in [0.15, 0.2) is 0 Å². The van der Waals surface area contributed by atoms with Crippen molar-refractivity contribution in [1.29, 1.82) is 0 Å². The van der Waals surface area contributed by atoms with Crippen LogP contribution < -0.4 is 10.5 Å². The van der Waals surface area contributed by atoms with Gasteiger partial charge in [0, 0.05) is 22.0 Å². The Labute approximate surface area is 116 Å². The van der Waals surface area contributed by atoms with Crippen LogP contribution in [0, 0.1) is 0 Å². The molecule has 19 heavy (non-hydrogen) atoms. The number of anilines is 1. The normalized spacial score (nSPS) is 13.9. The maximum absolute atomic E-state index is 11.4. The van der Waals surface area contributed by atoms with Gasteiger partial charge in [0.1, 0.15) is 0 Å². The van der Waals surface area contributed by atoms with E-state index in [-0.39, 0.29) is 4.90 Å². The molecule has 0 bridgehead atoms. The number of primary sulfonamides is 1. The lowest BCUT2D eigenvalue weighted by Gasteiger charge is -2.08. The van der Waals surface area contributed by atoms with Crippen molar-refractivity contribution in [3.8, 4) is 0 Å². The molecule has 0 saturated heterocycles. The average molecular weight is 292 g/mol. The Bertz CT molecular complexity index is 742. The van der Waals surface area contributed by atoms with E-state index in [1.807, 2.05) is 18.2 Å². The number of benzene rings is 2. The fourth-order valence-electron chi connectivity index (χ4n) is 1.97. The van der Waals surface area contributed by atoms with Gasteiger partial charge in [-0.25, -0.2) is 13.6 Å². The third-order valence-electron chi connectivity index (χ3n) is 2.94. The summed E-state index contributed by atoms with van der Waals surface area (Å²) in [6.45, 7) is 0.727. The van der Waals surface area contributed by atoms with E-state index < -0.39 is 10.0 Å². The molecule has 1 aliphatic heterocycles. The van der Waals surface area contributed by atoms with Crippen molar-refractivity contribution in [3.05, 3.63) is 48.0 Å². The molecule has 0 fully saturated rings. The van der Waals surface area contributed by atoms with Crippen molar-refractivity contribution in [2.24, 2.45) is 5.14 Å². The molecular weight excluding hydrogens is 280 g/mol. The lowest BCUT2D eigenvalue weighted by Crippen LogP contribution is -2.12. The standard InChI is InChI=1S/C13H12N2O2S2/c14-19(16,17)10-5-6-11-13(7-10)18-12-4-2-1-3-9(12)8-15-11/h1-7,15H,8H2,(H2,14,16,17). The van der Waals surface area contributed by atoms with Crippen LogP contribution in [0.1, 0.15) is 5.56 Å². The van der Waals surface area contributed by atoms with Gasteiger partial charge in [-0.1, -0.05) is 30.0 Å². The molecule has 6 heteroatoms. The largest absolute Gasteiger partial charge is 0.380 e. The zero-order chi connectivity index (χ0) is 13.5. The lowest BCUT2D eigenvalue weighted by molar-refractivity contribution is 0.597. The van der Waals surface area contributed by atoms with Gasteiger partial charge < -0.3 is 5.32 Å². The maximum Gasteiger partial charge on any atom is 0.238 e. The van der Waals surface area contributed by atoms with Crippen LogP contribution in [-0.4, -0.2) is 8.42 Å². The summed E-state index contributed by atoms with van der Waals surface area (Å²) in [6, 6.07) is 12.9. The van der Waals surface area contributed by atoms with Crippen LogP contribution in [0.5, 0.6) is 0 Å². The number of sulfonamides is 1. The Hall–Kier alpha value is -1.50. The fraction of sp³-hybridized carbons (Fsp3) is 0.0769. The number of hydrogen-bond acceptors (Lipinski definition) is 4. The first-order valence-electron chi connectivity index (χ1n) is 5.70. The summed E-state index contributed by atoms with van der Waals surface area (Å²) in [5.41, 5.74) is 2.12. The molecule has 2 aromatic carbocycles. The highest BCUT2D eigenvalue weighted by molar-refractivity contribution is 7.99. The minimum atomic E-state index is -3.67. The van der Waals surface area contributed by atoms with Crippen molar-refractivity contribution < 1.29 is 8.42 Å². The van der Waals surface area contributed by atoms with E-state index in [1.54, 1.807) is 23.9 Å². The summed E-state index contributed by atoms with van der Waals surface area (Å²) < 4.78 is 22.8. The Kier molecular flexibility index (Phi) is 3.00. The van der Waals surface area contributed by atoms with Gasteiger partial charge in [0.25, 0.3) is 0 Å². The van der Waals surface area contributed by atoms with Crippen LogP contribution in [0.4, 0.5) is 5.69 Å². The van der Waals surface area contributed by atoms with E-state index >= 15 is 0 Å². The number of nitrogens with two attached hydrogens (primary N) is 1. The van der Waals surface area contributed by atoms with E-state index in [0.717, 1.165) is 22.0 Å². The molecule has 0 radical (unpaired) electrons. The van der Waals surface area contributed by atoms with Gasteiger partial charge in [-0.15, -0.1) is 0 Å². The van der Waals surface area contributed by atoms with E-state index in [4.69, 9.17) is 5.14 Å². The predicted octanol–water partition coefficient (Wildman–Crippen LogP) is 2.41. The molecule has 1 aliphatic rings. The molecule has 0 aromatic heterocycles. The second-order valence-corrected chi connectivity index (χ2v) is 6.91. The second kappa shape index (κ2) is 4.56. The highest BCUT2D eigenvalue weighted by Gasteiger charge is 2.16. The second-order valence-electron chi connectivity index (χ2n) is 4.27. The molecule has 3 rings (SSSR count). The summed E-state index contributed by atoms with van der Waals surface area (Å²) in [5.74, 6) is 0. The highest BCUT2D eigenvalue weighted by Crippen LogP contribution is 2.39. The van der Waals surface area contributed by atoms with Crippen molar-refractivity contribution in [2.75, 3.05) is 5.32 Å². The summed E-state index contributed by atoms with van der Waals surface area (Å²) >= 11 is 1.55. The molecule has 0 unspecified atom stereocenters. The summed E-state index contributed by atoms with van der Waals surface area (Å²) in [4.78, 5) is 2.14. The molecule has 0 saturated carbocycles. The van der Waals surface area contributed by atoms with Crippen molar-refractivity contribution in [2.45, 2.75) is 21.2 Å². The summed E-state index contributed by atoms with van der Waals surface area (Å²) in [6.07, 6.45) is 0. The molecule has 1 heterocycles. The number of rotatable bonds is 1. The minimum absolute atomic E-state index is 0.139. The van der Waals surface area contributed by atoms with Crippen molar-refractivity contribution in [1.82, 2.24) is 0 Å². The van der Waals surface area contributed by atoms with Gasteiger partial charge in [0.2, 0.25) is 10.0 Å². The number of hydrogen-bond donors (Lipinski definition) is 2. The molecular formula is C13H12N2O2S2. The van der Waals surface area contributed by atoms with Gasteiger partial charge in [-0.3, -0.25) is 0 Å². The molecule has 0 amide bonds. The van der Waals surface area contributed by atoms with Crippen LogP contribution >= 0.6 is 11.8 Å². The predicted molar refractivity (Wildman–Crippen MR) is 75.7 cm³/mol. The smallest absolute Gasteiger partial charge is 0.238 e. The van der Waals surface area contributed by atoms with E-state index in [2.05, 4.69) is 11.4 Å². The van der Waals surface area contributed by atoms with Crippen LogP contribution in [0.2, 0.25) is 0 Å². The van der Waals surface area contributed by atoms with E-state index in [9.17, 15) is 8.42 Å². The Balaban J connectivity index is 2.10. The maximum atomic E-state index is 11.4. The number of nitrogens with one attached hydrogen (secondary N) is 1. The third kappa shape index (κ3) is 2.47. The Morgan fingerprint density at radius 3 is 2.68 bits per heavy atom. The minimum Gasteiger partial charge on any atom is -0.380 e. The van der Waals surface area contributed by atoms with Gasteiger partial charge in [0.05, 0.1) is 4.90 Å². The van der Waals surface area contributed by atoms with E-state index in [0.29, 0.717) is 0 Å². The van der Waals surface area contributed by atoms with Crippen molar-refractivity contribution in [3.63, 3.8) is 0 Å². The van der Waals surface area contributed by atoms with Gasteiger partial charge in [-0.2, -0.15) is 0 Å². The van der Waals surface area contributed by atoms with Gasteiger partial charge >= 0.3 is 0 Å². The molecule has 0 spiro atoms. The quantitative estimate of drug-likeness (QED) is 0.846. The van der Waals surface area contributed by atoms with Crippen LogP contribution in [0.3, 0.4) is 0 Å². The Morgan fingerprint density at radius 1 is 1.11 bits per heavy atom. The Morgan fingerprint density at radius 2 is 1.89 bits per heavy atom. The summed E-state index contributed by atoms with van der Waals surface area (Å²) in [7, 11) is -3.67. The fourth-order valence-corrected chi connectivity index (χ4v) is 3.67. The van der Waals surface area contributed by atoms with Crippen LogP contribution in [0.25, 0.3) is 0 Å². The third-order valence-corrected chi connectivity index (χ3v) is 5.03. The first-order chi connectivity index (χ1) is 9.04. The topological polar surface area (TPSA) is 72.2 Å². The first-order valence-corrected chi connectivity index (χ1v) is 8.07. The van der Waals surface area contributed by atoms with Crippen LogP contribution in [0.15, 0.2) is 57.2 Å². The first kappa shape index (κ1) is 12.5. The molecule has 0 aliphatic carbocycles. The zero-order valence-corrected chi connectivity index (χ0v) is 11.6. The average Bonchev–Trinajstić information content (AvgIpc) is 2.55. The van der Waals surface area contributed by atoms with Crippen LogP contribution in [-0.2, 0) is 16.6 Å². The van der Waals surface area contributed by atoms with E-state index in [1.165, 1.54) is 11.6 Å². The lowest BCUT2D eigenvalue weighted by atomic mass is 10.2. The molecule has 4 nitrogen and oxygen atoms in total. The summed E-state index contributed by atoms with van der Waals surface area (Å²) in [5, 5.41) is 8.47. The van der Waals surface area contributed by atoms with Crippen molar-refractivity contribution >= 4 is 27.5 Å². The zero-order valence-electron chi connectivity index (χ0n) is 9.96. The highest BCUT2D eigenvalue weighted by atomic mass is 32.2. The molecule has 98 valence electrons. The molecule has 0 atom stereocenters. The SMILES string of the molecule is NS(=O)(=O)c1ccc2c(c1)Sc1ccccc1CN2. The monoisotopic (exact) mass is 292 g/mol. The van der Waals surface area contributed by atoms with Gasteiger partial charge in [-0.05, 0) is 29.8 Å². The molecule has 2 aromatic rings.